The summed E-state index contributed by atoms with van der Waals surface area (Å²) < 4.78 is 7.25. The third kappa shape index (κ3) is 5.62. The molecule has 0 atom stereocenters. The normalized spacial score (nSPS) is 11.3. The molecule has 0 bridgehead atoms. The van der Waals surface area contributed by atoms with E-state index in [0.717, 1.165) is 51.6 Å². The summed E-state index contributed by atoms with van der Waals surface area (Å²) in [5.74, 6) is 1.12. The van der Waals surface area contributed by atoms with Gasteiger partial charge in [-0.2, -0.15) is 0 Å². The number of rotatable bonds is 10. The van der Waals surface area contributed by atoms with Crippen molar-refractivity contribution >= 4 is 0 Å². The van der Waals surface area contributed by atoms with Crippen LogP contribution in [-0.2, 0) is 17.8 Å². The van der Waals surface area contributed by atoms with Gasteiger partial charge in [0.15, 0.2) is 0 Å². The molecule has 0 aromatic carbocycles. The topological polar surface area (TPSA) is 42.3 Å². The standard InChI is InChI=1S/C13H26N4O/c1-4-7-17-9-6-15-13(17)12-14-5-8-16(2)10-11-18-3/h6,9,14H,4-5,7-8,10-12H2,1-3H3. The van der Waals surface area contributed by atoms with E-state index >= 15 is 0 Å². The molecule has 18 heavy (non-hydrogen) atoms. The van der Waals surface area contributed by atoms with Crippen molar-refractivity contribution in [3.05, 3.63) is 18.2 Å². The Labute approximate surface area is 110 Å². The number of hydrogen-bond donors (Lipinski definition) is 1. The number of ether oxygens (including phenoxy) is 1. The van der Waals surface area contributed by atoms with Crippen LogP contribution in [0.3, 0.4) is 0 Å². The van der Waals surface area contributed by atoms with Gasteiger partial charge in [-0.05, 0) is 13.5 Å². The van der Waals surface area contributed by atoms with Gasteiger partial charge in [-0.1, -0.05) is 6.92 Å². The molecule has 5 nitrogen and oxygen atoms in total. The Morgan fingerprint density at radius 3 is 3.00 bits per heavy atom. The second-order valence-corrected chi connectivity index (χ2v) is 4.51. The van der Waals surface area contributed by atoms with Crippen molar-refractivity contribution in [2.24, 2.45) is 0 Å². The Hall–Kier alpha value is -0.910. The molecule has 1 N–H and O–H groups in total. The summed E-state index contributed by atoms with van der Waals surface area (Å²) in [6.07, 6.45) is 5.06. The van der Waals surface area contributed by atoms with Gasteiger partial charge in [-0.25, -0.2) is 4.98 Å². The first-order valence-corrected chi connectivity index (χ1v) is 6.66. The summed E-state index contributed by atoms with van der Waals surface area (Å²) in [5, 5.41) is 3.43. The highest BCUT2D eigenvalue weighted by Gasteiger charge is 2.02. The van der Waals surface area contributed by atoms with Crippen LogP contribution >= 0.6 is 0 Å². The molecule has 0 radical (unpaired) electrons. The molecule has 0 aliphatic carbocycles. The fourth-order valence-electron chi connectivity index (χ4n) is 1.78. The van der Waals surface area contributed by atoms with E-state index in [-0.39, 0.29) is 0 Å². The zero-order chi connectivity index (χ0) is 13.2. The zero-order valence-electron chi connectivity index (χ0n) is 11.9. The van der Waals surface area contributed by atoms with Crippen LogP contribution in [0, 0.1) is 0 Å². The van der Waals surface area contributed by atoms with Crippen LogP contribution in [0.2, 0.25) is 0 Å². The van der Waals surface area contributed by atoms with Crippen molar-refractivity contribution in [2.45, 2.75) is 26.4 Å². The van der Waals surface area contributed by atoms with E-state index in [2.05, 4.69) is 33.7 Å². The van der Waals surface area contributed by atoms with Crippen molar-refractivity contribution in [3.63, 3.8) is 0 Å². The predicted molar refractivity (Wildman–Crippen MR) is 73.6 cm³/mol. The molecule has 1 aromatic rings. The molecule has 0 saturated heterocycles. The van der Waals surface area contributed by atoms with Crippen LogP contribution in [0.5, 0.6) is 0 Å². The molecule has 1 aromatic heterocycles. The fraction of sp³-hybridized carbons (Fsp3) is 0.769. The van der Waals surface area contributed by atoms with E-state index in [1.807, 2.05) is 12.4 Å². The predicted octanol–water partition coefficient (Wildman–Crippen LogP) is 0.961. The Kier molecular flexibility index (Phi) is 7.64. The number of aryl methyl sites for hydroxylation is 1. The van der Waals surface area contributed by atoms with Crippen LogP contribution in [0.4, 0.5) is 0 Å². The molecular formula is C13H26N4O. The van der Waals surface area contributed by atoms with Crippen molar-refractivity contribution in [1.82, 2.24) is 19.8 Å². The maximum absolute atomic E-state index is 5.04. The lowest BCUT2D eigenvalue weighted by molar-refractivity contribution is 0.161. The molecular weight excluding hydrogens is 228 g/mol. The maximum Gasteiger partial charge on any atom is 0.122 e. The van der Waals surface area contributed by atoms with E-state index in [1.54, 1.807) is 7.11 Å². The first-order valence-electron chi connectivity index (χ1n) is 6.66. The number of aromatic nitrogens is 2. The molecule has 0 fully saturated rings. The quantitative estimate of drug-likeness (QED) is 0.632. The summed E-state index contributed by atoms with van der Waals surface area (Å²) in [4.78, 5) is 6.63. The second-order valence-electron chi connectivity index (χ2n) is 4.51. The molecule has 0 unspecified atom stereocenters. The molecule has 0 aliphatic heterocycles. The first kappa shape index (κ1) is 15.1. The van der Waals surface area contributed by atoms with Gasteiger partial charge in [0.25, 0.3) is 0 Å². The lowest BCUT2D eigenvalue weighted by Crippen LogP contribution is -2.31. The van der Waals surface area contributed by atoms with Crippen LogP contribution in [0.1, 0.15) is 19.2 Å². The number of likely N-dealkylation sites (N-methyl/N-ethyl adjacent to an activating group) is 1. The minimum Gasteiger partial charge on any atom is -0.383 e. The number of hydrogen-bond acceptors (Lipinski definition) is 4. The molecule has 0 aliphatic rings. The van der Waals surface area contributed by atoms with Gasteiger partial charge in [-0.15, -0.1) is 0 Å². The molecule has 0 spiro atoms. The number of imidazole rings is 1. The van der Waals surface area contributed by atoms with E-state index in [1.165, 1.54) is 0 Å². The summed E-state index contributed by atoms with van der Waals surface area (Å²) in [5.41, 5.74) is 0. The number of nitrogens with zero attached hydrogens (tertiary/aromatic N) is 3. The summed E-state index contributed by atoms with van der Waals surface area (Å²) in [6.45, 7) is 7.83. The number of methoxy groups -OCH3 is 1. The first-order chi connectivity index (χ1) is 8.77. The Bertz CT molecular complexity index is 314. The largest absolute Gasteiger partial charge is 0.383 e. The van der Waals surface area contributed by atoms with Gasteiger partial charge in [-0.3, -0.25) is 0 Å². The van der Waals surface area contributed by atoms with Gasteiger partial charge in [0, 0.05) is 45.7 Å². The Morgan fingerprint density at radius 1 is 1.44 bits per heavy atom. The third-order valence-corrected chi connectivity index (χ3v) is 2.90. The van der Waals surface area contributed by atoms with Gasteiger partial charge in [0.1, 0.15) is 5.82 Å². The van der Waals surface area contributed by atoms with Crippen LogP contribution in [0.25, 0.3) is 0 Å². The Morgan fingerprint density at radius 2 is 2.28 bits per heavy atom. The average molecular weight is 254 g/mol. The van der Waals surface area contributed by atoms with Gasteiger partial charge >= 0.3 is 0 Å². The molecule has 0 amide bonds. The van der Waals surface area contributed by atoms with Gasteiger partial charge in [0.2, 0.25) is 0 Å². The lowest BCUT2D eigenvalue weighted by Gasteiger charge is -2.16. The fourth-order valence-corrected chi connectivity index (χ4v) is 1.78. The third-order valence-electron chi connectivity index (χ3n) is 2.90. The van der Waals surface area contributed by atoms with E-state index in [0.29, 0.717) is 0 Å². The summed E-state index contributed by atoms with van der Waals surface area (Å²) in [7, 11) is 3.85. The highest BCUT2D eigenvalue weighted by Crippen LogP contribution is 1.98. The highest BCUT2D eigenvalue weighted by molar-refractivity contribution is 4.91. The van der Waals surface area contributed by atoms with Crippen molar-refractivity contribution in [2.75, 3.05) is 40.4 Å². The van der Waals surface area contributed by atoms with Crippen LogP contribution in [0.15, 0.2) is 12.4 Å². The summed E-state index contributed by atoms with van der Waals surface area (Å²) in [6, 6.07) is 0. The van der Waals surface area contributed by atoms with E-state index in [4.69, 9.17) is 4.74 Å². The SMILES string of the molecule is CCCn1ccnc1CNCCN(C)CCOC. The van der Waals surface area contributed by atoms with E-state index < -0.39 is 0 Å². The minimum atomic E-state index is 0.789. The average Bonchev–Trinajstić information content (AvgIpc) is 2.80. The number of nitrogens with one attached hydrogen (secondary N) is 1. The minimum absolute atomic E-state index is 0.789. The Balaban J connectivity index is 2.15. The monoisotopic (exact) mass is 254 g/mol. The van der Waals surface area contributed by atoms with Crippen LogP contribution < -0.4 is 5.32 Å². The highest BCUT2D eigenvalue weighted by atomic mass is 16.5. The van der Waals surface area contributed by atoms with Crippen molar-refractivity contribution in [1.29, 1.82) is 0 Å². The van der Waals surface area contributed by atoms with E-state index in [9.17, 15) is 0 Å². The molecule has 104 valence electrons. The molecule has 1 rings (SSSR count). The van der Waals surface area contributed by atoms with Crippen molar-refractivity contribution < 1.29 is 4.74 Å². The molecule has 5 heteroatoms. The van der Waals surface area contributed by atoms with Crippen molar-refractivity contribution in [3.8, 4) is 0 Å². The summed E-state index contributed by atoms with van der Waals surface area (Å²) >= 11 is 0. The zero-order valence-corrected chi connectivity index (χ0v) is 11.9. The second kappa shape index (κ2) is 9.08. The molecule has 1 heterocycles. The maximum atomic E-state index is 5.04. The van der Waals surface area contributed by atoms with Gasteiger partial charge < -0.3 is 19.5 Å². The lowest BCUT2D eigenvalue weighted by atomic mass is 10.4. The van der Waals surface area contributed by atoms with Gasteiger partial charge in [0.05, 0.1) is 13.2 Å². The van der Waals surface area contributed by atoms with Crippen LogP contribution in [-0.4, -0.2) is 54.8 Å². The smallest absolute Gasteiger partial charge is 0.122 e. The molecule has 0 saturated carbocycles.